The van der Waals surface area contributed by atoms with E-state index in [4.69, 9.17) is 4.74 Å². The fourth-order valence-corrected chi connectivity index (χ4v) is 3.34. The largest absolute Gasteiger partial charge is 0.496 e. The quantitative estimate of drug-likeness (QED) is 0.784. The average molecular weight is 300 g/mol. The van der Waals surface area contributed by atoms with Crippen LogP contribution < -0.4 is 4.74 Å². The molecule has 20 heavy (non-hydrogen) atoms. The van der Waals surface area contributed by atoms with Gasteiger partial charge in [0.2, 0.25) is 0 Å². The number of halogens is 1. The first-order valence-electron chi connectivity index (χ1n) is 7.01. The molecular formula is C16H25FO2S. The molecular weight excluding hydrogens is 275 g/mol. The molecule has 0 aliphatic carbocycles. The molecule has 0 amide bonds. The van der Waals surface area contributed by atoms with Crippen molar-refractivity contribution >= 4 is 10.8 Å². The minimum Gasteiger partial charge on any atom is -0.496 e. The summed E-state index contributed by atoms with van der Waals surface area (Å²) in [4.78, 5) is 0. The van der Waals surface area contributed by atoms with E-state index in [0.717, 1.165) is 18.4 Å². The van der Waals surface area contributed by atoms with Crippen LogP contribution in [0, 0.1) is 5.82 Å². The summed E-state index contributed by atoms with van der Waals surface area (Å²) in [5.74, 6) is 0.960. The van der Waals surface area contributed by atoms with Gasteiger partial charge < -0.3 is 4.74 Å². The molecule has 1 rings (SSSR count). The van der Waals surface area contributed by atoms with Crippen LogP contribution in [0.2, 0.25) is 0 Å². The molecule has 0 spiro atoms. The second kappa shape index (κ2) is 7.21. The Labute approximate surface area is 124 Å². The van der Waals surface area contributed by atoms with Crippen LogP contribution >= 0.6 is 0 Å². The summed E-state index contributed by atoms with van der Waals surface area (Å²) in [6, 6.07) is 4.60. The number of methoxy groups -OCH3 is 1. The first kappa shape index (κ1) is 17.2. The Morgan fingerprint density at radius 2 is 2.00 bits per heavy atom. The third-order valence-corrected chi connectivity index (χ3v) is 5.38. The van der Waals surface area contributed by atoms with Crippen LogP contribution in [0.3, 0.4) is 0 Å². The maximum Gasteiger partial charge on any atom is 0.126 e. The zero-order chi connectivity index (χ0) is 15.3. The van der Waals surface area contributed by atoms with Gasteiger partial charge in [-0.2, -0.15) is 0 Å². The molecule has 2 nitrogen and oxygen atoms in total. The minimum absolute atomic E-state index is 0.135. The lowest BCUT2D eigenvalue weighted by atomic mass is 9.95. The maximum absolute atomic E-state index is 13.3. The van der Waals surface area contributed by atoms with Crippen molar-refractivity contribution in [1.82, 2.24) is 0 Å². The van der Waals surface area contributed by atoms with Crippen molar-refractivity contribution in [2.75, 3.05) is 12.9 Å². The molecule has 0 aliphatic rings. The van der Waals surface area contributed by atoms with Gasteiger partial charge in [0.05, 0.1) is 7.11 Å². The molecule has 2 atom stereocenters. The number of hydrogen-bond donors (Lipinski definition) is 0. The lowest BCUT2D eigenvalue weighted by Crippen LogP contribution is -2.27. The Morgan fingerprint density at radius 1 is 1.35 bits per heavy atom. The molecule has 1 unspecified atom stereocenters. The third-order valence-electron chi connectivity index (χ3n) is 3.31. The molecule has 0 saturated carbocycles. The highest BCUT2D eigenvalue weighted by Gasteiger charge is 2.25. The predicted octanol–water partition coefficient (Wildman–Crippen LogP) is 4.27. The first-order valence-corrected chi connectivity index (χ1v) is 8.33. The van der Waals surface area contributed by atoms with E-state index in [2.05, 4.69) is 6.92 Å². The number of ether oxygens (including phenoxy) is 1. The van der Waals surface area contributed by atoms with Gasteiger partial charge in [-0.15, -0.1) is 0 Å². The Bertz CT molecular complexity index is 466. The van der Waals surface area contributed by atoms with Crippen LogP contribution in [0.4, 0.5) is 4.39 Å². The summed E-state index contributed by atoms with van der Waals surface area (Å²) < 4.78 is 30.7. The number of benzene rings is 1. The lowest BCUT2D eigenvalue weighted by molar-refractivity contribution is 0.401. The first-order chi connectivity index (χ1) is 9.29. The topological polar surface area (TPSA) is 26.3 Å². The number of rotatable bonds is 6. The van der Waals surface area contributed by atoms with E-state index in [9.17, 15) is 8.60 Å². The molecule has 0 radical (unpaired) electrons. The van der Waals surface area contributed by atoms with Crippen molar-refractivity contribution in [2.45, 2.75) is 51.2 Å². The monoisotopic (exact) mass is 300 g/mol. The van der Waals surface area contributed by atoms with Crippen molar-refractivity contribution in [3.05, 3.63) is 29.6 Å². The minimum atomic E-state index is -0.934. The highest BCUT2D eigenvalue weighted by molar-refractivity contribution is 7.86. The van der Waals surface area contributed by atoms with Gasteiger partial charge in [0.25, 0.3) is 0 Å². The van der Waals surface area contributed by atoms with Crippen LogP contribution in [0.5, 0.6) is 5.75 Å². The van der Waals surface area contributed by atoms with Crippen molar-refractivity contribution in [1.29, 1.82) is 0 Å². The van der Waals surface area contributed by atoms with E-state index >= 15 is 0 Å². The van der Waals surface area contributed by atoms with E-state index in [1.807, 2.05) is 20.8 Å². The van der Waals surface area contributed by atoms with Crippen LogP contribution in [0.1, 0.15) is 52.0 Å². The molecule has 0 bridgehead atoms. The standard InChI is InChI=1S/C16H25FO2S/c1-6-7-12(11-20(18)16(2,3)4)14-9-8-13(17)10-15(14)19-5/h8-10,12H,6-7,11H2,1-5H3/t12?,20-/m1/s1. The average Bonchev–Trinajstić information content (AvgIpc) is 2.36. The normalized spacial score (nSPS) is 14.9. The molecule has 1 aromatic carbocycles. The summed E-state index contributed by atoms with van der Waals surface area (Å²) in [6.07, 6.45) is 1.91. The Kier molecular flexibility index (Phi) is 6.18. The molecule has 4 heteroatoms. The van der Waals surface area contributed by atoms with Gasteiger partial charge in [0, 0.05) is 27.4 Å². The molecule has 0 fully saturated rings. The molecule has 114 valence electrons. The van der Waals surface area contributed by atoms with Gasteiger partial charge in [-0.3, -0.25) is 4.21 Å². The maximum atomic E-state index is 13.3. The van der Waals surface area contributed by atoms with E-state index < -0.39 is 10.8 Å². The Hall–Kier alpha value is -0.900. The van der Waals surface area contributed by atoms with E-state index in [0.29, 0.717) is 11.5 Å². The predicted molar refractivity (Wildman–Crippen MR) is 83.4 cm³/mol. The summed E-state index contributed by atoms with van der Waals surface area (Å²) in [7, 11) is 0.609. The van der Waals surface area contributed by atoms with Crippen LogP contribution in [0.25, 0.3) is 0 Å². The highest BCUT2D eigenvalue weighted by Crippen LogP contribution is 2.32. The zero-order valence-corrected chi connectivity index (χ0v) is 13.8. The number of hydrogen-bond acceptors (Lipinski definition) is 2. The lowest BCUT2D eigenvalue weighted by Gasteiger charge is -2.24. The van der Waals surface area contributed by atoms with E-state index in [1.165, 1.54) is 12.1 Å². The highest BCUT2D eigenvalue weighted by atomic mass is 32.2. The van der Waals surface area contributed by atoms with Crippen molar-refractivity contribution in [2.24, 2.45) is 0 Å². The van der Waals surface area contributed by atoms with Crippen LogP contribution in [0.15, 0.2) is 18.2 Å². The molecule has 1 aromatic rings. The van der Waals surface area contributed by atoms with Gasteiger partial charge in [0.15, 0.2) is 0 Å². The fraction of sp³-hybridized carbons (Fsp3) is 0.625. The molecule has 0 N–H and O–H groups in total. The second-order valence-electron chi connectivity index (χ2n) is 6.00. The third kappa shape index (κ3) is 4.58. The van der Waals surface area contributed by atoms with Gasteiger partial charge in [-0.25, -0.2) is 4.39 Å². The van der Waals surface area contributed by atoms with Crippen molar-refractivity contribution in [3.63, 3.8) is 0 Å². The van der Waals surface area contributed by atoms with Gasteiger partial charge in [-0.1, -0.05) is 19.4 Å². The summed E-state index contributed by atoms with van der Waals surface area (Å²) >= 11 is 0. The van der Waals surface area contributed by atoms with Crippen LogP contribution in [-0.2, 0) is 10.8 Å². The molecule has 0 saturated heterocycles. The Balaban J connectivity index is 3.05. The van der Waals surface area contributed by atoms with E-state index in [-0.39, 0.29) is 16.5 Å². The molecule has 0 aliphatic heterocycles. The van der Waals surface area contributed by atoms with Gasteiger partial charge in [0.1, 0.15) is 11.6 Å². The smallest absolute Gasteiger partial charge is 0.126 e. The van der Waals surface area contributed by atoms with Gasteiger partial charge in [-0.05, 0) is 44.7 Å². The SMILES string of the molecule is CCCC(C[S@@](=O)C(C)(C)C)c1ccc(F)cc1OC. The van der Waals surface area contributed by atoms with Crippen molar-refractivity contribution < 1.29 is 13.3 Å². The zero-order valence-electron chi connectivity index (χ0n) is 13.0. The summed E-state index contributed by atoms with van der Waals surface area (Å²) in [5.41, 5.74) is 0.952. The second-order valence-corrected chi connectivity index (χ2v) is 8.25. The van der Waals surface area contributed by atoms with Gasteiger partial charge >= 0.3 is 0 Å². The van der Waals surface area contributed by atoms with E-state index in [1.54, 1.807) is 13.2 Å². The summed E-state index contributed by atoms with van der Waals surface area (Å²) in [6.45, 7) is 8.04. The molecule has 0 aromatic heterocycles. The summed E-state index contributed by atoms with van der Waals surface area (Å²) in [5, 5.41) is 0. The molecule has 0 heterocycles. The Morgan fingerprint density at radius 3 is 2.50 bits per heavy atom. The van der Waals surface area contributed by atoms with Crippen LogP contribution in [-0.4, -0.2) is 21.8 Å². The fourth-order valence-electron chi connectivity index (χ4n) is 2.13. The van der Waals surface area contributed by atoms with Crippen molar-refractivity contribution in [3.8, 4) is 5.75 Å².